The van der Waals surface area contributed by atoms with E-state index in [0.717, 1.165) is 12.1 Å². The fraction of sp³-hybridized carbons (Fsp3) is 0.167. The van der Waals surface area contributed by atoms with Gasteiger partial charge in [-0.3, -0.25) is 0 Å². The van der Waals surface area contributed by atoms with Gasteiger partial charge in [-0.15, -0.1) is 23.7 Å². The molecular formula is C12H10ClF4NS. The monoisotopic (exact) mass is 311 g/mol. The molecule has 1 heterocycles. The summed E-state index contributed by atoms with van der Waals surface area (Å²) in [5.41, 5.74) is 4.91. The van der Waals surface area contributed by atoms with Gasteiger partial charge in [-0.05, 0) is 35.2 Å². The van der Waals surface area contributed by atoms with E-state index in [2.05, 4.69) is 0 Å². The van der Waals surface area contributed by atoms with Crippen molar-refractivity contribution in [3.63, 3.8) is 0 Å². The summed E-state index contributed by atoms with van der Waals surface area (Å²) in [5, 5.41) is 1.76. The molecule has 19 heavy (non-hydrogen) atoms. The zero-order chi connectivity index (χ0) is 13.3. The maximum Gasteiger partial charge on any atom is 0.416 e. The molecule has 0 radical (unpaired) electrons. The molecule has 104 valence electrons. The maximum absolute atomic E-state index is 13.2. The smallest absolute Gasteiger partial charge is 0.320 e. The van der Waals surface area contributed by atoms with E-state index in [4.69, 9.17) is 5.73 Å². The lowest BCUT2D eigenvalue weighted by Crippen LogP contribution is -2.13. The standard InChI is InChI=1S/C12H9F4NS.ClH/c13-9-5-7(4-8(6-9)12(14,15)16)11(17)10-2-1-3-18-10;/h1-6,11H,17H2;1H/t11-;/m0./s1. The lowest BCUT2D eigenvalue weighted by molar-refractivity contribution is -0.137. The van der Waals surface area contributed by atoms with E-state index in [9.17, 15) is 17.6 Å². The van der Waals surface area contributed by atoms with Crippen molar-refractivity contribution in [1.29, 1.82) is 0 Å². The predicted molar refractivity (Wildman–Crippen MR) is 69.0 cm³/mol. The van der Waals surface area contributed by atoms with Crippen molar-refractivity contribution in [2.75, 3.05) is 0 Å². The van der Waals surface area contributed by atoms with Crippen LogP contribution in [0.15, 0.2) is 35.7 Å². The molecule has 0 unspecified atom stereocenters. The molecule has 0 saturated heterocycles. The number of nitrogens with two attached hydrogens (primary N) is 1. The molecule has 0 aliphatic carbocycles. The van der Waals surface area contributed by atoms with E-state index in [1.807, 2.05) is 0 Å². The van der Waals surface area contributed by atoms with Gasteiger partial charge >= 0.3 is 6.18 Å². The maximum atomic E-state index is 13.2. The predicted octanol–water partition coefficient (Wildman–Crippen LogP) is 4.38. The van der Waals surface area contributed by atoms with Crippen LogP contribution in [0.2, 0.25) is 0 Å². The van der Waals surface area contributed by atoms with Crippen LogP contribution in [0.1, 0.15) is 22.0 Å². The number of thiophene rings is 1. The summed E-state index contributed by atoms with van der Waals surface area (Å²) in [6.07, 6.45) is -4.58. The molecular weight excluding hydrogens is 302 g/mol. The summed E-state index contributed by atoms with van der Waals surface area (Å²) in [7, 11) is 0. The fourth-order valence-electron chi connectivity index (χ4n) is 1.59. The van der Waals surface area contributed by atoms with Gasteiger partial charge in [0.05, 0.1) is 11.6 Å². The third kappa shape index (κ3) is 3.68. The Hall–Kier alpha value is -1.11. The lowest BCUT2D eigenvalue weighted by Gasteiger charge is -2.13. The van der Waals surface area contributed by atoms with Crippen LogP contribution < -0.4 is 5.73 Å². The van der Waals surface area contributed by atoms with Crippen molar-refractivity contribution in [2.24, 2.45) is 5.73 Å². The highest BCUT2D eigenvalue weighted by Gasteiger charge is 2.31. The van der Waals surface area contributed by atoms with Gasteiger partial charge in [0.1, 0.15) is 5.82 Å². The molecule has 2 rings (SSSR count). The van der Waals surface area contributed by atoms with Crippen molar-refractivity contribution in [1.82, 2.24) is 0 Å². The number of rotatable bonds is 2. The number of hydrogen-bond acceptors (Lipinski definition) is 2. The molecule has 0 spiro atoms. The van der Waals surface area contributed by atoms with Crippen molar-refractivity contribution >= 4 is 23.7 Å². The van der Waals surface area contributed by atoms with Gasteiger partial charge in [-0.2, -0.15) is 13.2 Å². The minimum Gasteiger partial charge on any atom is -0.320 e. The first-order chi connectivity index (χ1) is 8.38. The summed E-state index contributed by atoms with van der Waals surface area (Å²) in [6.45, 7) is 0. The average Bonchev–Trinajstić information content (AvgIpc) is 2.79. The SMILES string of the molecule is Cl.N[C@@H](c1cc(F)cc(C(F)(F)F)c1)c1cccs1. The van der Waals surface area contributed by atoms with Crippen LogP contribution >= 0.6 is 23.7 Å². The molecule has 1 nitrogen and oxygen atoms in total. The highest BCUT2D eigenvalue weighted by atomic mass is 35.5. The summed E-state index contributed by atoms with van der Waals surface area (Å²) < 4.78 is 50.9. The van der Waals surface area contributed by atoms with E-state index >= 15 is 0 Å². The molecule has 2 N–H and O–H groups in total. The lowest BCUT2D eigenvalue weighted by atomic mass is 10.0. The molecule has 7 heteroatoms. The second kappa shape index (κ2) is 5.90. The Morgan fingerprint density at radius 3 is 2.37 bits per heavy atom. The van der Waals surface area contributed by atoms with Crippen LogP contribution in [0.5, 0.6) is 0 Å². The highest BCUT2D eigenvalue weighted by molar-refractivity contribution is 7.10. The topological polar surface area (TPSA) is 26.0 Å². The quantitative estimate of drug-likeness (QED) is 0.819. The van der Waals surface area contributed by atoms with Gasteiger partial charge in [0.2, 0.25) is 0 Å². The minimum atomic E-state index is -4.58. The van der Waals surface area contributed by atoms with Crippen molar-refractivity contribution in [3.8, 4) is 0 Å². The third-order valence-corrected chi connectivity index (χ3v) is 3.41. The van der Waals surface area contributed by atoms with E-state index in [-0.39, 0.29) is 18.0 Å². The highest BCUT2D eigenvalue weighted by Crippen LogP contribution is 2.33. The second-order valence-corrected chi connectivity index (χ2v) is 4.74. The van der Waals surface area contributed by atoms with Crippen LogP contribution in [-0.4, -0.2) is 0 Å². The van der Waals surface area contributed by atoms with Crippen molar-refractivity contribution in [3.05, 3.63) is 57.5 Å². The molecule has 1 aromatic carbocycles. The van der Waals surface area contributed by atoms with Gasteiger partial charge in [0, 0.05) is 4.88 Å². The zero-order valence-corrected chi connectivity index (χ0v) is 11.1. The van der Waals surface area contributed by atoms with Gasteiger partial charge in [-0.25, -0.2) is 4.39 Å². The van der Waals surface area contributed by atoms with Crippen LogP contribution in [-0.2, 0) is 6.18 Å². The van der Waals surface area contributed by atoms with E-state index in [0.29, 0.717) is 10.9 Å². The van der Waals surface area contributed by atoms with E-state index in [1.54, 1.807) is 17.5 Å². The van der Waals surface area contributed by atoms with Crippen LogP contribution in [0.4, 0.5) is 17.6 Å². The van der Waals surface area contributed by atoms with Gasteiger partial charge in [0.15, 0.2) is 0 Å². The molecule has 1 aromatic heterocycles. The second-order valence-electron chi connectivity index (χ2n) is 3.76. The number of alkyl halides is 3. The Labute approximate surface area is 117 Å². The summed E-state index contributed by atoms with van der Waals surface area (Å²) in [6, 6.07) is 5.07. The molecule has 0 bridgehead atoms. The molecule has 0 fully saturated rings. The molecule has 1 atom stereocenters. The largest absolute Gasteiger partial charge is 0.416 e. The Morgan fingerprint density at radius 1 is 1.16 bits per heavy atom. The number of benzene rings is 1. The minimum absolute atomic E-state index is 0. The Bertz CT molecular complexity index is 539. The van der Waals surface area contributed by atoms with Gasteiger partial charge in [-0.1, -0.05) is 6.07 Å². The van der Waals surface area contributed by atoms with Crippen molar-refractivity contribution in [2.45, 2.75) is 12.2 Å². The van der Waals surface area contributed by atoms with Crippen molar-refractivity contribution < 1.29 is 17.6 Å². The average molecular weight is 312 g/mol. The normalized spacial score (nSPS) is 12.9. The number of hydrogen-bond donors (Lipinski definition) is 1. The molecule has 0 amide bonds. The van der Waals surface area contributed by atoms with Crippen LogP contribution in [0, 0.1) is 5.82 Å². The molecule has 0 aliphatic heterocycles. The molecule has 0 aliphatic rings. The Morgan fingerprint density at radius 2 is 1.84 bits per heavy atom. The molecule has 2 aromatic rings. The first-order valence-electron chi connectivity index (χ1n) is 5.04. The summed E-state index contributed by atoms with van der Waals surface area (Å²) in [4.78, 5) is 0.689. The summed E-state index contributed by atoms with van der Waals surface area (Å²) in [5.74, 6) is -0.938. The first-order valence-corrected chi connectivity index (χ1v) is 5.92. The Kier molecular flexibility index (Phi) is 4.95. The van der Waals surface area contributed by atoms with Gasteiger partial charge < -0.3 is 5.73 Å². The zero-order valence-electron chi connectivity index (χ0n) is 9.45. The van der Waals surface area contributed by atoms with Crippen LogP contribution in [0.3, 0.4) is 0 Å². The summed E-state index contributed by atoms with van der Waals surface area (Å²) >= 11 is 1.32. The number of halogens is 5. The third-order valence-electron chi connectivity index (χ3n) is 2.46. The van der Waals surface area contributed by atoms with Gasteiger partial charge in [0.25, 0.3) is 0 Å². The first kappa shape index (κ1) is 15.9. The fourth-order valence-corrected chi connectivity index (χ4v) is 2.34. The van der Waals surface area contributed by atoms with E-state index in [1.165, 1.54) is 11.3 Å². The molecule has 0 saturated carbocycles. The Balaban J connectivity index is 0.00000180. The van der Waals surface area contributed by atoms with Crippen LogP contribution in [0.25, 0.3) is 0 Å². The van der Waals surface area contributed by atoms with E-state index < -0.39 is 23.6 Å².